The van der Waals surface area contributed by atoms with Gasteiger partial charge in [0.05, 0.1) is 12.6 Å². The monoisotopic (exact) mass is 526 g/mol. The van der Waals surface area contributed by atoms with Crippen LogP contribution in [-0.2, 0) is 4.74 Å². The third-order valence-electron chi connectivity index (χ3n) is 5.41. The van der Waals surface area contributed by atoms with Gasteiger partial charge < -0.3 is 15.0 Å². The van der Waals surface area contributed by atoms with Crippen molar-refractivity contribution in [2.75, 3.05) is 26.7 Å². The number of ether oxygens (including phenoxy) is 1. The molecule has 3 rings (SSSR count). The number of nitrogens with one attached hydrogen (secondary N) is 1. The van der Waals surface area contributed by atoms with Crippen LogP contribution in [0.4, 0.5) is 4.39 Å². The fraction of sp³-hybridized carbons (Fsp3) is 0.478. The van der Waals surface area contributed by atoms with Crippen molar-refractivity contribution in [1.29, 1.82) is 0 Å². The van der Waals surface area contributed by atoms with E-state index >= 15 is 0 Å². The van der Waals surface area contributed by atoms with Gasteiger partial charge in [-0.05, 0) is 42.2 Å². The first kappa shape index (κ1) is 24.5. The number of morpholine rings is 1. The Bertz CT molecular complexity index is 801. The number of rotatable bonds is 5. The fourth-order valence-corrected chi connectivity index (χ4v) is 3.85. The lowest BCUT2D eigenvalue weighted by molar-refractivity contribution is -0.0605. The van der Waals surface area contributed by atoms with E-state index in [4.69, 9.17) is 4.74 Å². The van der Waals surface area contributed by atoms with Crippen molar-refractivity contribution < 1.29 is 9.13 Å². The van der Waals surface area contributed by atoms with Gasteiger partial charge in [0.1, 0.15) is 11.9 Å². The Morgan fingerprint density at radius 2 is 2.00 bits per heavy atom. The predicted molar refractivity (Wildman–Crippen MR) is 130 cm³/mol. The van der Waals surface area contributed by atoms with Crippen LogP contribution in [0.25, 0.3) is 0 Å². The summed E-state index contributed by atoms with van der Waals surface area (Å²) in [6, 6.07) is 10.7. The third-order valence-corrected chi connectivity index (χ3v) is 5.41. The van der Waals surface area contributed by atoms with Gasteiger partial charge in [0.25, 0.3) is 0 Å². The van der Waals surface area contributed by atoms with Crippen LogP contribution in [0.15, 0.2) is 53.8 Å². The molecule has 0 radical (unpaired) electrons. The number of hydrogen-bond donors (Lipinski definition) is 1. The molecule has 30 heavy (non-hydrogen) atoms. The molecule has 3 atom stereocenters. The largest absolute Gasteiger partial charge is 0.367 e. The topological polar surface area (TPSA) is 49.8 Å². The zero-order valence-electron chi connectivity index (χ0n) is 18.1. The van der Waals surface area contributed by atoms with Crippen LogP contribution >= 0.6 is 24.0 Å². The molecule has 1 aromatic heterocycles. The Hall–Kier alpha value is -1.74. The van der Waals surface area contributed by atoms with Crippen LogP contribution in [-0.4, -0.2) is 48.6 Å². The first-order valence-electron chi connectivity index (χ1n) is 10.2. The van der Waals surface area contributed by atoms with Crippen molar-refractivity contribution in [2.45, 2.75) is 38.9 Å². The molecule has 3 unspecified atom stereocenters. The summed E-state index contributed by atoms with van der Waals surface area (Å²) in [4.78, 5) is 11.0. The van der Waals surface area contributed by atoms with Crippen molar-refractivity contribution in [2.24, 2.45) is 10.9 Å². The summed E-state index contributed by atoms with van der Waals surface area (Å²) in [7, 11) is 1.81. The van der Waals surface area contributed by atoms with E-state index in [0.717, 1.165) is 24.6 Å². The normalized spacial score (nSPS) is 20.6. The maximum atomic E-state index is 13.3. The van der Waals surface area contributed by atoms with E-state index in [9.17, 15) is 4.39 Å². The SMILES string of the molecule is CN=C(NCC(c1cccnc1)C(C)C)N1CC(C)OC(c2ccc(F)cc2)C1.I. The molecule has 164 valence electrons. The Morgan fingerprint density at radius 3 is 2.60 bits per heavy atom. The molecule has 1 saturated heterocycles. The molecule has 0 aliphatic carbocycles. The van der Waals surface area contributed by atoms with Gasteiger partial charge in [-0.15, -0.1) is 24.0 Å². The number of nitrogens with zero attached hydrogens (tertiary/aromatic N) is 3. The zero-order valence-corrected chi connectivity index (χ0v) is 20.4. The molecule has 2 heterocycles. The minimum absolute atomic E-state index is 0. The number of hydrogen-bond acceptors (Lipinski definition) is 3. The van der Waals surface area contributed by atoms with E-state index in [2.05, 4.69) is 47.0 Å². The van der Waals surface area contributed by atoms with Crippen LogP contribution in [0.1, 0.15) is 43.9 Å². The van der Waals surface area contributed by atoms with E-state index in [1.54, 1.807) is 18.3 Å². The molecule has 0 saturated carbocycles. The second kappa shape index (κ2) is 11.6. The molecular weight excluding hydrogens is 494 g/mol. The van der Waals surface area contributed by atoms with Gasteiger partial charge in [-0.25, -0.2) is 4.39 Å². The molecular formula is C23H32FIN4O. The van der Waals surface area contributed by atoms with E-state index < -0.39 is 0 Å². The zero-order chi connectivity index (χ0) is 20.8. The number of pyridine rings is 1. The summed E-state index contributed by atoms with van der Waals surface area (Å²) in [6.45, 7) is 8.73. The number of aliphatic imine (C=N–C) groups is 1. The second-order valence-electron chi connectivity index (χ2n) is 7.96. The highest BCUT2D eigenvalue weighted by atomic mass is 127. The Labute approximate surface area is 196 Å². The van der Waals surface area contributed by atoms with Crippen molar-refractivity contribution >= 4 is 29.9 Å². The van der Waals surface area contributed by atoms with Crippen LogP contribution in [0, 0.1) is 11.7 Å². The maximum absolute atomic E-state index is 13.3. The summed E-state index contributed by atoms with van der Waals surface area (Å²) in [5.74, 6) is 1.44. The smallest absolute Gasteiger partial charge is 0.193 e. The predicted octanol–water partition coefficient (Wildman–Crippen LogP) is 4.62. The van der Waals surface area contributed by atoms with Crippen molar-refractivity contribution in [3.8, 4) is 0 Å². The number of guanidine groups is 1. The molecule has 1 N–H and O–H groups in total. The molecule has 7 heteroatoms. The maximum Gasteiger partial charge on any atom is 0.193 e. The van der Waals surface area contributed by atoms with Crippen LogP contribution in [0.2, 0.25) is 0 Å². The standard InChI is InChI=1S/C23H31FN4O.HI/c1-16(2)21(19-6-5-11-26-12-19)13-27-23(25-4)28-14-17(3)29-22(15-28)18-7-9-20(24)10-8-18;/h5-12,16-17,21-22H,13-15H2,1-4H3,(H,25,27);1H. The van der Waals surface area contributed by atoms with Gasteiger partial charge >= 0.3 is 0 Å². The summed E-state index contributed by atoms with van der Waals surface area (Å²) in [5, 5.41) is 3.55. The van der Waals surface area contributed by atoms with E-state index in [1.165, 1.54) is 17.7 Å². The lowest BCUT2D eigenvalue weighted by Gasteiger charge is -2.39. The Kier molecular flexibility index (Phi) is 9.48. The van der Waals surface area contributed by atoms with Gasteiger partial charge in [-0.3, -0.25) is 9.98 Å². The molecule has 0 bridgehead atoms. The molecule has 1 fully saturated rings. The summed E-state index contributed by atoms with van der Waals surface area (Å²) in [5.41, 5.74) is 2.21. The van der Waals surface area contributed by atoms with Gasteiger partial charge in [0.15, 0.2) is 5.96 Å². The molecule has 0 amide bonds. The van der Waals surface area contributed by atoms with Crippen molar-refractivity contribution in [1.82, 2.24) is 15.2 Å². The van der Waals surface area contributed by atoms with Gasteiger partial charge in [0, 0.05) is 38.4 Å². The Balaban J connectivity index is 0.00000320. The average molecular weight is 526 g/mol. The molecule has 5 nitrogen and oxygen atoms in total. The van der Waals surface area contributed by atoms with Crippen LogP contribution in [0.5, 0.6) is 0 Å². The van der Waals surface area contributed by atoms with Crippen molar-refractivity contribution in [3.05, 3.63) is 65.7 Å². The van der Waals surface area contributed by atoms with E-state index in [0.29, 0.717) is 18.4 Å². The number of aromatic nitrogens is 1. The molecule has 0 spiro atoms. The van der Waals surface area contributed by atoms with Crippen LogP contribution < -0.4 is 5.32 Å². The summed E-state index contributed by atoms with van der Waals surface area (Å²) in [6.07, 6.45) is 3.68. The minimum atomic E-state index is -0.234. The summed E-state index contributed by atoms with van der Waals surface area (Å²) < 4.78 is 19.4. The molecule has 2 aromatic rings. The van der Waals surface area contributed by atoms with E-state index in [1.807, 2.05) is 19.3 Å². The van der Waals surface area contributed by atoms with Gasteiger partial charge in [-0.1, -0.05) is 32.0 Å². The van der Waals surface area contributed by atoms with Gasteiger partial charge in [-0.2, -0.15) is 0 Å². The average Bonchev–Trinajstić information content (AvgIpc) is 2.71. The quantitative estimate of drug-likeness (QED) is 0.351. The third kappa shape index (κ3) is 6.38. The highest BCUT2D eigenvalue weighted by Gasteiger charge is 2.29. The first-order chi connectivity index (χ1) is 14.0. The lowest BCUT2D eigenvalue weighted by Crippen LogP contribution is -2.51. The Morgan fingerprint density at radius 1 is 1.27 bits per heavy atom. The second-order valence-corrected chi connectivity index (χ2v) is 7.96. The first-order valence-corrected chi connectivity index (χ1v) is 10.2. The molecule has 1 aromatic carbocycles. The molecule has 1 aliphatic heterocycles. The number of halogens is 2. The fourth-order valence-electron chi connectivity index (χ4n) is 3.85. The lowest BCUT2D eigenvalue weighted by atomic mass is 9.89. The molecule has 1 aliphatic rings. The van der Waals surface area contributed by atoms with Gasteiger partial charge in [0.2, 0.25) is 0 Å². The van der Waals surface area contributed by atoms with Crippen molar-refractivity contribution in [3.63, 3.8) is 0 Å². The van der Waals surface area contributed by atoms with E-state index in [-0.39, 0.29) is 42.0 Å². The minimum Gasteiger partial charge on any atom is -0.367 e. The van der Waals surface area contributed by atoms with Crippen LogP contribution in [0.3, 0.4) is 0 Å². The number of benzene rings is 1. The highest BCUT2D eigenvalue weighted by molar-refractivity contribution is 14.0. The highest BCUT2D eigenvalue weighted by Crippen LogP contribution is 2.26. The summed E-state index contributed by atoms with van der Waals surface area (Å²) >= 11 is 0.